The van der Waals surface area contributed by atoms with Crippen LogP contribution in [-0.4, -0.2) is 33.3 Å². The van der Waals surface area contributed by atoms with Gasteiger partial charge in [-0.15, -0.1) is 0 Å². The standard InChI is InChI=1S/C11H13N3O3/c1-3-16-11(15)8(2)17-9-6-10-12-4-5-14(10)13-7-9/h4-8H,3H2,1-2H3/t8-/m0/s1. The number of carbonyl (C=O) groups is 1. The van der Waals surface area contributed by atoms with E-state index in [9.17, 15) is 4.79 Å². The van der Waals surface area contributed by atoms with Gasteiger partial charge in [0.2, 0.25) is 0 Å². The molecule has 0 aliphatic heterocycles. The zero-order valence-corrected chi connectivity index (χ0v) is 9.66. The van der Waals surface area contributed by atoms with Crippen molar-refractivity contribution in [1.29, 1.82) is 0 Å². The first kappa shape index (κ1) is 11.4. The first-order valence-electron chi connectivity index (χ1n) is 5.33. The lowest BCUT2D eigenvalue weighted by molar-refractivity contribution is -0.150. The number of ether oxygens (including phenoxy) is 2. The Morgan fingerprint density at radius 1 is 1.59 bits per heavy atom. The molecule has 6 heteroatoms. The minimum absolute atomic E-state index is 0.337. The van der Waals surface area contributed by atoms with Crippen molar-refractivity contribution in [2.45, 2.75) is 20.0 Å². The van der Waals surface area contributed by atoms with Crippen molar-refractivity contribution in [3.8, 4) is 5.75 Å². The third kappa shape index (κ3) is 2.52. The fourth-order valence-corrected chi connectivity index (χ4v) is 1.37. The second-order valence-corrected chi connectivity index (χ2v) is 3.43. The van der Waals surface area contributed by atoms with Crippen molar-refractivity contribution in [1.82, 2.24) is 14.6 Å². The molecule has 0 amide bonds. The average molecular weight is 235 g/mol. The van der Waals surface area contributed by atoms with E-state index in [-0.39, 0.29) is 0 Å². The molecule has 2 heterocycles. The van der Waals surface area contributed by atoms with E-state index in [0.717, 1.165) is 0 Å². The number of imidazole rings is 1. The van der Waals surface area contributed by atoms with Crippen LogP contribution >= 0.6 is 0 Å². The lowest BCUT2D eigenvalue weighted by Gasteiger charge is -2.12. The highest BCUT2D eigenvalue weighted by Gasteiger charge is 2.16. The summed E-state index contributed by atoms with van der Waals surface area (Å²) >= 11 is 0. The number of hydrogen-bond donors (Lipinski definition) is 0. The van der Waals surface area contributed by atoms with Crippen LogP contribution in [0.25, 0.3) is 5.65 Å². The van der Waals surface area contributed by atoms with E-state index in [1.807, 2.05) is 0 Å². The van der Waals surface area contributed by atoms with Crippen molar-refractivity contribution >= 4 is 11.6 Å². The van der Waals surface area contributed by atoms with Gasteiger partial charge in [-0.05, 0) is 13.8 Å². The van der Waals surface area contributed by atoms with Crippen molar-refractivity contribution in [3.05, 3.63) is 24.7 Å². The van der Waals surface area contributed by atoms with E-state index in [1.165, 1.54) is 6.20 Å². The monoisotopic (exact) mass is 235 g/mol. The molecule has 90 valence electrons. The summed E-state index contributed by atoms with van der Waals surface area (Å²) in [5.41, 5.74) is 0.665. The van der Waals surface area contributed by atoms with Crippen molar-refractivity contribution < 1.29 is 14.3 Å². The predicted octanol–water partition coefficient (Wildman–Crippen LogP) is 1.06. The quantitative estimate of drug-likeness (QED) is 0.741. The highest BCUT2D eigenvalue weighted by molar-refractivity contribution is 5.74. The highest BCUT2D eigenvalue weighted by Crippen LogP contribution is 2.13. The second-order valence-electron chi connectivity index (χ2n) is 3.43. The fourth-order valence-electron chi connectivity index (χ4n) is 1.37. The lowest BCUT2D eigenvalue weighted by atomic mass is 10.4. The number of rotatable bonds is 4. The van der Waals surface area contributed by atoms with Crippen molar-refractivity contribution in [3.63, 3.8) is 0 Å². The van der Waals surface area contributed by atoms with Gasteiger partial charge in [0, 0.05) is 18.5 Å². The number of aromatic nitrogens is 3. The normalized spacial score (nSPS) is 12.4. The summed E-state index contributed by atoms with van der Waals surface area (Å²) < 4.78 is 11.9. The summed E-state index contributed by atoms with van der Waals surface area (Å²) in [6.45, 7) is 3.72. The molecule has 6 nitrogen and oxygen atoms in total. The number of fused-ring (bicyclic) bond motifs is 1. The third-order valence-corrected chi connectivity index (χ3v) is 2.16. The zero-order chi connectivity index (χ0) is 12.3. The van der Waals surface area contributed by atoms with Crippen LogP contribution in [0.5, 0.6) is 5.75 Å². The van der Waals surface area contributed by atoms with Crippen molar-refractivity contribution in [2.24, 2.45) is 0 Å². The lowest BCUT2D eigenvalue weighted by Crippen LogP contribution is -2.26. The maximum Gasteiger partial charge on any atom is 0.347 e. The first-order chi connectivity index (χ1) is 8.20. The molecule has 0 N–H and O–H groups in total. The molecule has 0 bridgehead atoms. The SMILES string of the molecule is CCOC(=O)[C@H](C)Oc1cnn2ccnc2c1. The van der Waals surface area contributed by atoms with Crippen LogP contribution in [0.15, 0.2) is 24.7 Å². The smallest absolute Gasteiger partial charge is 0.347 e. The summed E-state index contributed by atoms with van der Waals surface area (Å²) in [7, 11) is 0. The molecule has 0 radical (unpaired) electrons. The number of esters is 1. The number of hydrogen-bond acceptors (Lipinski definition) is 5. The molecule has 2 aromatic heterocycles. The summed E-state index contributed by atoms with van der Waals surface area (Å²) in [5.74, 6) is 0.0972. The molecule has 0 aliphatic carbocycles. The Balaban J connectivity index is 2.09. The molecule has 0 spiro atoms. The van der Waals surface area contributed by atoms with Gasteiger partial charge in [-0.1, -0.05) is 0 Å². The Bertz CT molecular complexity index is 523. The van der Waals surface area contributed by atoms with Crippen LogP contribution in [-0.2, 0) is 9.53 Å². The van der Waals surface area contributed by atoms with Crippen LogP contribution in [0.3, 0.4) is 0 Å². The summed E-state index contributed by atoms with van der Waals surface area (Å²) in [4.78, 5) is 15.4. The van der Waals surface area contributed by atoms with Crippen LogP contribution in [0.2, 0.25) is 0 Å². The molecule has 0 fully saturated rings. The van der Waals surface area contributed by atoms with Gasteiger partial charge < -0.3 is 9.47 Å². The van der Waals surface area contributed by atoms with Gasteiger partial charge in [0.1, 0.15) is 5.75 Å². The van der Waals surface area contributed by atoms with Crippen LogP contribution in [0.4, 0.5) is 0 Å². The van der Waals surface area contributed by atoms with Gasteiger partial charge in [-0.25, -0.2) is 14.3 Å². The highest BCUT2D eigenvalue weighted by atomic mass is 16.6. The second kappa shape index (κ2) is 4.82. The maximum atomic E-state index is 11.4. The van der Waals surface area contributed by atoms with E-state index in [4.69, 9.17) is 9.47 Å². The molecule has 0 unspecified atom stereocenters. The molecule has 0 aromatic carbocycles. The third-order valence-electron chi connectivity index (χ3n) is 2.16. The summed E-state index contributed by atoms with van der Waals surface area (Å²) in [5, 5.41) is 4.08. The Hall–Kier alpha value is -2.11. The molecule has 2 rings (SSSR count). The van der Waals surface area contributed by atoms with E-state index in [0.29, 0.717) is 18.0 Å². The van der Waals surface area contributed by atoms with Gasteiger partial charge in [0.25, 0.3) is 0 Å². The Morgan fingerprint density at radius 2 is 2.41 bits per heavy atom. The number of nitrogens with zero attached hydrogens (tertiary/aromatic N) is 3. The summed E-state index contributed by atoms with van der Waals surface area (Å²) in [6.07, 6.45) is 4.24. The molecular formula is C11H13N3O3. The van der Waals surface area contributed by atoms with E-state index in [1.54, 1.807) is 36.8 Å². The van der Waals surface area contributed by atoms with E-state index < -0.39 is 12.1 Å². The zero-order valence-electron chi connectivity index (χ0n) is 9.66. The average Bonchev–Trinajstić information content (AvgIpc) is 2.76. The molecule has 1 atom stereocenters. The van der Waals surface area contributed by atoms with Gasteiger partial charge in [-0.3, -0.25) is 0 Å². The van der Waals surface area contributed by atoms with Crippen LogP contribution in [0, 0.1) is 0 Å². The molecular weight excluding hydrogens is 222 g/mol. The predicted molar refractivity (Wildman–Crippen MR) is 59.7 cm³/mol. The minimum Gasteiger partial charge on any atom is -0.477 e. The maximum absolute atomic E-state index is 11.4. The first-order valence-corrected chi connectivity index (χ1v) is 5.33. The van der Waals surface area contributed by atoms with Gasteiger partial charge in [0.05, 0.1) is 12.8 Å². The topological polar surface area (TPSA) is 65.7 Å². The van der Waals surface area contributed by atoms with Crippen molar-refractivity contribution in [2.75, 3.05) is 6.61 Å². The van der Waals surface area contributed by atoms with E-state index in [2.05, 4.69) is 10.1 Å². The Morgan fingerprint density at radius 3 is 3.18 bits per heavy atom. The van der Waals surface area contributed by atoms with Gasteiger partial charge in [-0.2, -0.15) is 5.10 Å². The van der Waals surface area contributed by atoms with Gasteiger partial charge >= 0.3 is 5.97 Å². The molecule has 17 heavy (non-hydrogen) atoms. The van der Waals surface area contributed by atoms with Crippen LogP contribution in [0.1, 0.15) is 13.8 Å². The van der Waals surface area contributed by atoms with Crippen LogP contribution < -0.4 is 4.74 Å². The molecule has 0 saturated carbocycles. The largest absolute Gasteiger partial charge is 0.477 e. The molecule has 2 aromatic rings. The Kier molecular flexibility index (Phi) is 3.22. The Labute approximate surface area is 98.2 Å². The minimum atomic E-state index is -0.658. The van der Waals surface area contributed by atoms with E-state index >= 15 is 0 Å². The number of carbonyl (C=O) groups excluding carboxylic acids is 1. The fraction of sp³-hybridized carbons (Fsp3) is 0.364. The summed E-state index contributed by atoms with van der Waals surface area (Å²) in [6, 6.07) is 1.71. The molecule has 0 aliphatic rings. The molecule has 0 saturated heterocycles. The van der Waals surface area contributed by atoms with Gasteiger partial charge in [0.15, 0.2) is 11.8 Å².